The van der Waals surface area contributed by atoms with Crippen LogP contribution in [0.4, 0.5) is 0 Å². The van der Waals surface area contributed by atoms with Crippen molar-refractivity contribution < 1.29 is 19.4 Å². The van der Waals surface area contributed by atoms with Gasteiger partial charge in [0.25, 0.3) is 0 Å². The third-order valence-corrected chi connectivity index (χ3v) is 8.90. The fraction of sp³-hybridized carbons (Fsp3) is 0.484. The molecule has 7 rings (SSSR count). The van der Waals surface area contributed by atoms with Gasteiger partial charge < -0.3 is 19.9 Å². The summed E-state index contributed by atoms with van der Waals surface area (Å²) in [5.41, 5.74) is 3.95. The maximum Gasteiger partial charge on any atom is 0.232 e. The Morgan fingerprint density at radius 2 is 2.03 bits per heavy atom. The molecule has 8 nitrogen and oxygen atoms in total. The molecule has 0 radical (unpaired) electrons. The largest absolute Gasteiger partial charge is 0.493 e. The topological polar surface area (TPSA) is 107 Å². The van der Waals surface area contributed by atoms with Crippen molar-refractivity contribution in [3.05, 3.63) is 70.3 Å². The molecule has 6 bridgehead atoms. The fourth-order valence-electron chi connectivity index (χ4n) is 6.54. The van der Waals surface area contributed by atoms with Crippen LogP contribution in [0.5, 0.6) is 5.75 Å². The van der Waals surface area contributed by atoms with Crippen molar-refractivity contribution >= 4 is 17.9 Å². The van der Waals surface area contributed by atoms with Gasteiger partial charge in [-0.25, -0.2) is 0 Å². The van der Waals surface area contributed by atoms with Gasteiger partial charge in [0.15, 0.2) is 5.96 Å². The highest BCUT2D eigenvalue weighted by Gasteiger charge is 2.44. The second kappa shape index (κ2) is 9.77. The second-order valence-corrected chi connectivity index (χ2v) is 11.7. The Hall–Kier alpha value is -3.20. The standard InChI is InChI=1S/C31H38N4O4/c1-4-31-13-6-5-7-19-8-10-23-21(15-19)24(18-39-30(23,2)3)33-28(37)20-9-11-26-22(16-20)25(12-14-38-26)35(27(36)17-31)29(32)34-31/h5,7-11,15-16,24-25,28,33,37H,4,6,12-14,17-18H2,1-3H3,(H2,32,34)/b7-5+/t24-,25+,28?,31+/m0/s1. The van der Waals surface area contributed by atoms with Gasteiger partial charge in [-0.3, -0.25) is 20.4 Å². The molecule has 0 aliphatic carbocycles. The monoisotopic (exact) mass is 530 g/mol. The maximum absolute atomic E-state index is 13.6. The summed E-state index contributed by atoms with van der Waals surface area (Å²) >= 11 is 0. The lowest BCUT2D eigenvalue weighted by molar-refractivity contribution is -0.133. The lowest BCUT2D eigenvalue weighted by Crippen LogP contribution is -2.63. The molecular weight excluding hydrogens is 492 g/mol. The summed E-state index contributed by atoms with van der Waals surface area (Å²) in [7, 11) is 0. The second-order valence-electron chi connectivity index (χ2n) is 11.7. The van der Waals surface area contributed by atoms with Gasteiger partial charge in [0.2, 0.25) is 5.91 Å². The van der Waals surface area contributed by atoms with E-state index in [1.165, 1.54) is 0 Å². The van der Waals surface area contributed by atoms with E-state index >= 15 is 0 Å². The number of ether oxygens (including phenoxy) is 2. The molecule has 5 aliphatic rings. The molecule has 1 fully saturated rings. The molecule has 1 unspecified atom stereocenters. The molecule has 4 N–H and O–H groups in total. The van der Waals surface area contributed by atoms with E-state index in [4.69, 9.17) is 14.9 Å². The first-order chi connectivity index (χ1) is 18.7. The van der Waals surface area contributed by atoms with Crippen molar-refractivity contribution in [2.75, 3.05) is 13.2 Å². The Balaban J connectivity index is 1.44. The van der Waals surface area contributed by atoms with E-state index in [1.807, 2.05) is 18.2 Å². The van der Waals surface area contributed by atoms with Crippen LogP contribution in [-0.4, -0.2) is 40.6 Å². The Morgan fingerprint density at radius 3 is 2.82 bits per heavy atom. The highest BCUT2D eigenvalue weighted by atomic mass is 16.5. The van der Waals surface area contributed by atoms with Gasteiger partial charge in [0.05, 0.1) is 37.3 Å². The lowest BCUT2D eigenvalue weighted by Gasteiger charge is -2.46. The van der Waals surface area contributed by atoms with Crippen molar-refractivity contribution in [2.24, 2.45) is 0 Å². The third-order valence-electron chi connectivity index (χ3n) is 8.90. The van der Waals surface area contributed by atoms with Crippen LogP contribution in [0, 0.1) is 5.41 Å². The lowest BCUT2D eigenvalue weighted by atomic mass is 9.83. The Labute approximate surface area is 229 Å². The van der Waals surface area contributed by atoms with Crippen LogP contribution in [0.3, 0.4) is 0 Å². The summed E-state index contributed by atoms with van der Waals surface area (Å²) in [5, 5.41) is 27.0. The predicted molar refractivity (Wildman–Crippen MR) is 149 cm³/mol. The van der Waals surface area contributed by atoms with Crippen molar-refractivity contribution in [3.63, 3.8) is 0 Å². The quantitative estimate of drug-likeness (QED) is 0.422. The Kier molecular flexibility index (Phi) is 6.52. The van der Waals surface area contributed by atoms with E-state index in [-0.39, 0.29) is 24.0 Å². The molecular formula is C31H38N4O4. The summed E-state index contributed by atoms with van der Waals surface area (Å²) in [6.45, 7) is 7.14. The van der Waals surface area contributed by atoms with Gasteiger partial charge in [0, 0.05) is 17.5 Å². The number of allylic oxidation sites excluding steroid dienone is 1. The molecule has 0 saturated carbocycles. The van der Waals surface area contributed by atoms with Crippen molar-refractivity contribution in [3.8, 4) is 5.75 Å². The summed E-state index contributed by atoms with van der Waals surface area (Å²) in [6, 6.07) is 11.5. The summed E-state index contributed by atoms with van der Waals surface area (Å²) in [5.74, 6) is 0.782. The van der Waals surface area contributed by atoms with Crippen LogP contribution in [0.2, 0.25) is 0 Å². The number of amides is 1. The third kappa shape index (κ3) is 4.64. The number of rotatable bonds is 1. The van der Waals surface area contributed by atoms with Crippen LogP contribution >= 0.6 is 0 Å². The zero-order chi connectivity index (χ0) is 27.4. The van der Waals surface area contributed by atoms with E-state index in [2.05, 4.69) is 61.8 Å². The average Bonchev–Trinajstić information content (AvgIpc) is 2.91. The normalized spacial score (nSPS) is 30.6. The molecule has 5 aliphatic heterocycles. The number of carbonyl (C=O) groups is 1. The Morgan fingerprint density at radius 1 is 1.18 bits per heavy atom. The van der Waals surface area contributed by atoms with Crippen molar-refractivity contribution in [1.29, 1.82) is 5.41 Å². The van der Waals surface area contributed by atoms with E-state index in [1.54, 1.807) is 4.90 Å². The number of nitrogens with zero attached hydrogens (tertiary/aromatic N) is 1. The minimum atomic E-state index is -0.957. The van der Waals surface area contributed by atoms with Crippen LogP contribution in [-0.2, 0) is 15.1 Å². The number of hydrogen-bond acceptors (Lipinski definition) is 6. The van der Waals surface area contributed by atoms with Gasteiger partial charge >= 0.3 is 0 Å². The smallest absolute Gasteiger partial charge is 0.232 e. The number of fused-ring (bicyclic) bond motifs is 5. The number of hydrogen-bond donors (Lipinski definition) is 4. The molecule has 2 aromatic rings. The van der Waals surface area contributed by atoms with Crippen LogP contribution in [0.25, 0.3) is 6.08 Å². The highest BCUT2D eigenvalue weighted by Crippen LogP contribution is 2.42. The first-order valence-electron chi connectivity index (χ1n) is 14.0. The van der Waals surface area contributed by atoms with Gasteiger partial charge in [-0.05, 0) is 73.6 Å². The molecule has 0 spiro atoms. The minimum absolute atomic E-state index is 0.0465. The molecule has 0 aromatic heterocycles. The summed E-state index contributed by atoms with van der Waals surface area (Å²) in [6.07, 6.45) is 6.55. The molecule has 1 amide bonds. The number of aliphatic hydroxyl groups excluding tert-OH is 1. The number of nitrogens with one attached hydrogen (secondary N) is 3. The van der Waals surface area contributed by atoms with E-state index in [0.29, 0.717) is 37.4 Å². The zero-order valence-electron chi connectivity index (χ0n) is 22.9. The molecule has 1 saturated heterocycles. The molecule has 39 heavy (non-hydrogen) atoms. The average molecular weight is 531 g/mol. The van der Waals surface area contributed by atoms with Gasteiger partial charge in [0.1, 0.15) is 12.0 Å². The first-order valence-corrected chi connectivity index (χ1v) is 14.0. The van der Waals surface area contributed by atoms with Crippen LogP contribution in [0.15, 0.2) is 42.5 Å². The van der Waals surface area contributed by atoms with Crippen LogP contribution in [0.1, 0.15) is 99.0 Å². The summed E-state index contributed by atoms with van der Waals surface area (Å²) < 4.78 is 12.2. The highest BCUT2D eigenvalue weighted by molar-refractivity contribution is 5.99. The molecule has 4 atom stereocenters. The van der Waals surface area contributed by atoms with Crippen LogP contribution < -0.4 is 15.4 Å². The summed E-state index contributed by atoms with van der Waals surface area (Å²) in [4.78, 5) is 15.2. The number of carbonyl (C=O) groups excluding carboxylic acids is 1. The van der Waals surface area contributed by atoms with Crippen molar-refractivity contribution in [2.45, 2.75) is 82.3 Å². The molecule has 206 valence electrons. The van der Waals surface area contributed by atoms with Gasteiger partial charge in [-0.15, -0.1) is 0 Å². The number of guanidine groups is 1. The predicted octanol–water partition coefficient (Wildman–Crippen LogP) is 4.81. The number of aliphatic hydroxyl groups is 1. The molecule has 5 heterocycles. The zero-order valence-corrected chi connectivity index (χ0v) is 22.9. The maximum atomic E-state index is 13.6. The van der Waals surface area contributed by atoms with E-state index < -0.39 is 17.4 Å². The SMILES string of the molecule is CC[C@]12CC/C=C/c3ccc4c(c3)[C@H](COC4(C)C)NC(O)c3ccc4c(c3)[C@@H](CCO4)N(C(=N)N1)C(=O)C2. The van der Waals surface area contributed by atoms with Gasteiger partial charge in [-0.1, -0.05) is 37.3 Å². The Bertz CT molecular complexity index is 1320. The minimum Gasteiger partial charge on any atom is -0.493 e. The molecule has 8 heteroatoms. The molecule has 2 aromatic carbocycles. The first kappa shape index (κ1) is 26.0. The van der Waals surface area contributed by atoms with Gasteiger partial charge in [-0.2, -0.15) is 0 Å². The van der Waals surface area contributed by atoms with E-state index in [9.17, 15) is 9.90 Å². The number of benzene rings is 2. The van der Waals surface area contributed by atoms with Crippen molar-refractivity contribution in [1.82, 2.24) is 15.5 Å². The fourth-order valence-corrected chi connectivity index (χ4v) is 6.54. The van der Waals surface area contributed by atoms with E-state index in [0.717, 1.165) is 41.5 Å².